The van der Waals surface area contributed by atoms with E-state index in [2.05, 4.69) is 15.3 Å². The number of amides is 1. The van der Waals surface area contributed by atoms with Gasteiger partial charge in [-0.2, -0.15) is 8.42 Å². The number of aromatic carboxylic acids is 1. The van der Waals surface area contributed by atoms with Crippen molar-refractivity contribution in [3.8, 4) is 34.3 Å². The van der Waals surface area contributed by atoms with Gasteiger partial charge in [-0.25, -0.2) is 50.9 Å². The van der Waals surface area contributed by atoms with Crippen molar-refractivity contribution in [3.05, 3.63) is 321 Å². The van der Waals surface area contributed by atoms with Gasteiger partial charge in [0.25, 0.3) is 10.1 Å². The summed E-state index contributed by atoms with van der Waals surface area (Å²) >= 11 is 37.6. The second-order valence-corrected chi connectivity index (χ2v) is 33.5. The number of imidazole rings is 3. The number of halogens is 12. The van der Waals surface area contributed by atoms with Gasteiger partial charge in [-0.3, -0.25) is 23.6 Å². The van der Waals surface area contributed by atoms with Crippen LogP contribution in [0.2, 0.25) is 30.1 Å². The number of hydrogen-bond donors (Lipinski definition) is 3. The Bertz CT molecular complexity index is 5710. The lowest BCUT2D eigenvalue weighted by Gasteiger charge is -2.28. The predicted molar refractivity (Wildman–Crippen MR) is 444 cm³/mol. The van der Waals surface area contributed by atoms with Crippen molar-refractivity contribution >= 4 is 97.5 Å². The second kappa shape index (κ2) is 36.9. The quantitative estimate of drug-likeness (QED) is 0.0380. The Morgan fingerprint density at radius 2 is 0.735 bits per heavy atom. The molecule has 9 aromatic carbocycles. The van der Waals surface area contributed by atoms with Crippen molar-refractivity contribution in [1.29, 1.82) is 0 Å². The topological polar surface area (TPSA) is 211 Å². The fourth-order valence-corrected chi connectivity index (χ4v) is 15.3. The molecule has 0 saturated carbocycles. The standard InChI is InChI=1S/C32H33Cl2F2N3O3.C28H24Cl2F2N2O3.C27H24Cl2F2N2O4S/c1-31(2,3)42-30(40)38-21-16-25(34)23(26(36)17-21)12-14-29-37-18-28(39(29)22-10-8-20(35)9-11-22)32(4,5)19-7-13-24(33)27(15-19)41-6;1-28(2,17-4-10-21(29)24(14-17)37-3)25-15-33-26(34(25)19-7-5-18(31)6-8-19)11-9-20-22(30)12-16(27(35)36)13-23(20)32;1-27(2,16-4-10-21(28)24(12-16)37-3)25-15-32-26(33(25)18-7-5-17(30)6-8-18)11-9-20-22(29)13-19(14-23(20)31)38(34,35)36/h7-11,13,15-18H,12,14H2,1-6H3,(H,38,40);4-8,10,12-15H,9,11H2,1-3H3,(H,35,36);4-8,10,12-15H,9,11H2,1-3H3,(H,34,35,36). The van der Waals surface area contributed by atoms with Gasteiger partial charge < -0.3 is 24.1 Å². The Labute approximate surface area is 703 Å². The number of carbonyl (C=O) groups excluding carboxylic acids is 1. The first-order chi connectivity index (χ1) is 55.0. The third kappa shape index (κ3) is 20.9. The number of carboxylic acid groups (broad SMARTS) is 1. The second-order valence-electron chi connectivity index (χ2n) is 29.6. The molecule has 0 aliphatic rings. The molecule has 3 N–H and O–H groups in total. The first-order valence-corrected chi connectivity index (χ1v) is 39.9. The molecular weight excluding hydrogens is 1660 g/mol. The van der Waals surface area contributed by atoms with Gasteiger partial charge in [0.15, 0.2) is 0 Å². The molecule has 0 spiro atoms. The fourth-order valence-electron chi connectivity index (χ4n) is 13.2. The zero-order valence-electron chi connectivity index (χ0n) is 65.4. The van der Waals surface area contributed by atoms with Crippen LogP contribution in [0.15, 0.2) is 187 Å². The van der Waals surface area contributed by atoms with E-state index in [1.54, 1.807) is 108 Å². The third-order valence-electron chi connectivity index (χ3n) is 19.7. The number of ether oxygens (including phenoxy) is 4. The molecule has 0 aliphatic carbocycles. The number of nitrogens with zero attached hydrogens (tertiary/aromatic N) is 6. The van der Waals surface area contributed by atoms with Crippen LogP contribution in [0.4, 0.5) is 36.8 Å². The van der Waals surface area contributed by atoms with Crippen LogP contribution < -0.4 is 19.5 Å². The minimum atomic E-state index is -4.61. The highest BCUT2D eigenvalue weighted by molar-refractivity contribution is 7.85. The molecule has 0 bridgehead atoms. The van der Waals surface area contributed by atoms with Crippen LogP contribution >= 0.6 is 69.6 Å². The molecule has 0 fully saturated rings. The van der Waals surface area contributed by atoms with Gasteiger partial charge in [-0.15, -0.1) is 0 Å². The molecule has 3 heterocycles. The summed E-state index contributed by atoms with van der Waals surface area (Å²) in [5.74, 6) is -1.13. The first-order valence-electron chi connectivity index (χ1n) is 36.2. The van der Waals surface area contributed by atoms with Crippen LogP contribution in [0, 0.1) is 34.9 Å². The number of hydrogen-bond acceptors (Lipinski definition) is 11. The summed E-state index contributed by atoms with van der Waals surface area (Å²) in [6, 6.07) is 41.3. The van der Waals surface area contributed by atoms with Crippen molar-refractivity contribution in [2.45, 2.75) is 128 Å². The highest BCUT2D eigenvalue weighted by Gasteiger charge is 2.35. The molecule has 0 aliphatic heterocycles. The van der Waals surface area contributed by atoms with Crippen molar-refractivity contribution < 1.29 is 73.0 Å². The fraction of sp³-hybridized carbons (Fsp3) is 0.253. The third-order valence-corrected chi connectivity index (χ3v) is 22.5. The van der Waals surface area contributed by atoms with Crippen molar-refractivity contribution in [2.24, 2.45) is 0 Å². The molecule has 117 heavy (non-hydrogen) atoms. The van der Waals surface area contributed by atoms with E-state index in [9.17, 15) is 44.5 Å². The lowest BCUT2D eigenvalue weighted by atomic mass is 9.81. The van der Waals surface area contributed by atoms with Crippen molar-refractivity contribution in [2.75, 3.05) is 26.6 Å². The van der Waals surface area contributed by atoms with Gasteiger partial charge in [-0.1, -0.05) is 129 Å². The van der Waals surface area contributed by atoms with E-state index < -0.39 is 72.2 Å². The van der Waals surface area contributed by atoms with Gasteiger partial charge in [0.2, 0.25) is 0 Å². The summed E-state index contributed by atoms with van der Waals surface area (Å²) in [5, 5.41) is 13.2. The SMILES string of the molecule is COc1cc(C(C)(C)c2cnc(CCc3c(F)cc(C(=O)O)cc3Cl)n2-c2ccc(F)cc2)ccc1Cl.COc1cc(C(C)(C)c2cnc(CCc3c(F)cc(NC(=O)OC(C)(C)C)cc3Cl)n2-c2ccc(F)cc2)ccc1Cl.COc1cc(C(C)(C)c2cnc(CCc3c(F)cc(S(=O)(=O)O)cc3Cl)n2-c2ccc(F)cc2)ccc1Cl. The summed E-state index contributed by atoms with van der Waals surface area (Å²) in [4.78, 5) is 36.7. The minimum Gasteiger partial charge on any atom is -0.495 e. The maximum atomic E-state index is 15.2. The summed E-state index contributed by atoms with van der Waals surface area (Å²) in [5.41, 5.74) is 5.25. The Hall–Kier alpha value is -10.0. The largest absolute Gasteiger partial charge is 0.495 e. The van der Waals surface area contributed by atoms with E-state index >= 15 is 4.39 Å². The average Bonchev–Trinajstić information content (AvgIpc) is 1.65. The predicted octanol–water partition coefficient (Wildman–Crippen LogP) is 23.0. The van der Waals surface area contributed by atoms with Crippen LogP contribution in [0.3, 0.4) is 0 Å². The summed E-state index contributed by atoms with van der Waals surface area (Å²) < 4.78 is 145. The van der Waals surface area contributed by atoms with Crippen molar-refractivity contribution in [1.82, 2.24) is 28.7 Å². The zero-order valence-corrected chi connectivity index (χ0v) is 70.7. The van der Waals surface area contributed by atoms with Crippen LogP contribution in [0.1, 0.15) is 141 Å². The average molecular weight is 1740 g/mol. The first kappa shape index (κ1) is 89.3. The van der Waals surface area contributed by atoms with Crippen LogP contribution in [0.25, 0.3) is 17.1 Å². The maximum absolute atomic E-state index is 15.2. The van der Waals surface area contributed by atoms with Gasteiger partial charge in [0.1, 0.15) is 75.2 Å². The molecule has 30 heteroatoms. The number of aryl methyl sites for hydroxylation is 3. The lowest BCUT2D eigenvalue weighted by Crippen LogP contribution is -2.27. The summed E-state index contributed by atoms with van der Waals surface area (Å²) in [6.45, 7) is 17.3. The van der Waals surface area contributed by atoms with Crippen LogP contribution in [-0.4, -0.2) is 85.7 Å². The Morgan fingerprint density at radius 1 is 0.419 bits per heavy atom. The van der Waals surface area contributed by atoms with Gasteiger partial charge >= 0.3 is 12.1 Å². The molecule has 3 aromatic heterocycles. The van der Waals surface area contributed by atoms with E-state index in [0.717, 1.165) is 52.0 Å². The summed E-state index contributed by atoms with van der Waals surface area (Å²) in [6.07, 6.45) is 5.84. The monoisotopic (exact) mass is 1740 g/mol. The Kier molecular flexibility index (Phi) is 28.2. The number of rotatable bonds is 24. The van der Waals surface area contributed by atoms with E-state index in [1.807, 2.05) is 91.6 Å². The van der Waals surface area contributed by atoms with Crippen LogP contribution in [0.5, 0.6) is 17.2 Å². The number of aromatic nitrogens is 6. The van der Waals surface area contributed by atoms with Gasteiger partial charge in [0.05, 0.1) is 63.9 Å². The molecular formula is C87H81Cl6F6N7O10S. The number of carboxylic acids is 1. The Balaban J connectivity index is 0.000000185. The van der Waals surface area contributed by atoms with Gasteiger partial charge in [-0.05, 0) is 202 Å². The van der Waals surface area contributed by atoms with E-state index in [0.29, 0.717) is 79.7 Å². The minimum absolute atomic E-state index is 0.0334. The highest BCUT2D eigenvalue weighted by Crippen LogP contribution is 2.43. The number of carbonyl (C=O) groups is 2. The molecule has 0 unspecified atom stereocenters. The number of anilines is 1. The molecule has 17 nitrogen and oxygen atoms in total. The molecule has 0 atom stereocenters. The molecule has 0 radical (unpaired) electrons. The Morgan fingerprint density at radius 3 is 1.03 bits per heavy atom. The smallest absolute Gasteiger partial charge is 0.412 e. The van der Waals surface area contributed by atoms with Crippen molar-refractivity contribution in [3.63, 3.8) is 0 Å². The number of methoxy groups -OCH3 is 3. The molecule has 12 rings (SSSR count). The lowest BCUT2D eigenvalue weighted by molar-refractivity contribution is 0.0634. The normalized spacial score (nSPS) is 11.8. The maximum Gasteiger partial charge on any atom is 0.412 e. The van der Waals surface area contributed by atoms with Crippen LogP contribution in [-0.2, 0) is 69.6 Å². The zero-order chi connectivity index (χ0) is 85.6. The molecule has 1 amide bonds. The molecule has 12 aromatic rings. The van der Waals surface area contributed by atoms with E-state index in [-0.39, 0.29) is 80.3 Å². The molecule has 614 valence electrons. The highest BCUT2D eigenvalue weighted by atomic mass is 35.5. The van der Waals surface area contributed by atoms with Gasteiger partial charge in [0, 0.05) is 109 Å². The number of benzene rings is 9. The molecule has 0 saturated heterocycles. The van der Waals surface area contributed by atoms with E-state index in [4.69, 9.17) is 98.6 Å². The van der Waals surface area contributed by atoms with E-state index in [1.165, 1.54) is 61.7 Å². The summed E-state index contributed by atoms with van der Waals surface area (Å²) in [7, 11) is 0.0260. The number of nitrogens with one attached hydrogen (secondary N) is 1.